The highest BCUT2D eigenvalue weighted by Gasteiger charge is 2.37. The Kier molecular flexibility index (Phi) is 3.98. The van der Waals surface area contributed by atoms with Crippen molar-refractivity contribution in [2.45, 2.75) is 17.5 Å². The molecule has 0 fully saturated rings. The number of anilines is 1. The van der Waals surface area contributed by atoms with Gasteiger partial charge in [-0.05, 0) is 24.6 Å². The van der Waals surface area contributed by atoms with Gasteiger partial charge in [0.1, 0.15) is 10.7 Å². The fraction of sp³-hybridized carbons (Fsp3) is 0.333. The largest absolute Gasteiger partial charge is 0.412 e. The lowest BCUT2D eigenvalue weighted by molar-refractivity contribution is -0.0953. The average molecular weight is 324 g/mol. The zero-order valence-electron chi connectivity index (χ0n) is 10.7. The lowest BCUT2D eigenvalue weighted by atomic mass is 10.1. The Hall–Kier alpha value is -1.61. The summed E-state index contributed by atoms with van der Waals surface area (Å²) >= 11 is 0. The fourth-order valence-electron chi connectivity index (χ4n) is 1.99. The first-order valence-electron chi connectivity index (χ1n) is 5.94. The molecule has 0 aliphatic carbocycles. The van der Waals surface area contributed by atoms with Crippen LogP contribution in [0.3, 0.4) is 0 Å². The van der Waals surface area contributed by atoms with Crippen LogP contribution in [0.4, 0.5) is 23.2 Å². The van der Waals surface area contributed by atoms with E-state index >= 15 is 0 Å². The minimum absolute atomic E-state index is 0.0596. The summed E-state index contributed by atoms with van der Waals surface area (Å²) in [5.74, 6) is -1.03. The van der Waals surface area contributed by atoms with E-state index in [2.05, 4.69) is 0 Å². The molecule has 1 aromatic carbocycles. The molecule has 0 spiro atoms. The number of halogens is 4. The monoisotopic (exact) mass is 324 g/mol. The number of alkyl halides is 3. The second-order valence-electron chi connectivity index (χ2n) is 4.53. The summed E-state index contributed by atoms with van der Waals surface area (Å²) < 4.78 is 76.4. The normalized spacial score (nSPS) is 17.6. The molecular weight excluding hydrogens is 312 g/mol. The van der Waals surface area contributed by atoms with E-state index in [-0.39, 0.29) is 12.2 Å². The minimum Gasteiger partial charge on any atom is -0.399 e. The van der Waals surface area contributed by atoms with Crippen molar-refractivity contribution in [2.75, 3.05) is 18.8 Å². The minimum atomic E-state index is -4.47. The van der Waals surface area contributed by atoms with Gasteiger partial charge >= 0.3 is 6.18 Å². The Bertz CT molecular complexity index is 683. The van der Waals surface area contributed by atoms with Crippen LogP contribution in [0.15, 0.2) is 34.7 Å². The number of rotatable bonds is 2. The van der Waals surface area contributed by atoms with Crippen molar-refractivity contribution in [2.24, 2.45) is 0 Å². The zero-order valence-corrected chi connectivity index (χ0v) is 11.5. The third kappa shape index (κ3) is 3.18. The van der Waals surface area contributed by atoms with Crippen LogP contribution in [0.1, 0.15) is 6.42 Å². The van der Waals surface area contributed by atoms with Crippen LogP contribution in [0.2, 0.25) is 0 Å². The van der Waals surface area contributed by atoms with Crippen molar-refractivity contribution in [3.63, 3.8) is 0 Å². The van der Waals surface area contributed by atoms with E-state index in [1.54, 1.807) is 0 Å². The third-order valence-corrected chi connectivity index (χ3v) is 5.01. The summed E-state index contributed by atoms with van der Waals surface area (Å²) in [5, 5.41) is 0. The third-order valence-electron chi connectivity index (χ3n) is 3.11. The van der Waals surface area contributed by atoms with Gasteiger partial charge in [-0.2, -0.15) is 17.5 Å². The number of hydrogen-bond donors (Lipinski definition) is 1. The molecule has 0 saturated carbocycles. The molecule has 0 radical (unpaired) electrons. The summed E-state index contributed by atoms with van der Waals surface area (Å²) in [5.41, 5.74) is 4.62. The lowest BCUT2D eigenvalue weighted by Gasteiger charge is -2.26. The molecule has 2 N–H and O–H groups in total. The van der Waals surface area contributed by atoms with Crippen LogP contribution in [-0.2, 0) is 10.0 Å². The van der Waals surface area contributed by atoms with E-state index < -0.39 is 45.5 Å². The van der Waals surface area contributed by atoms with Gasteiger partial charge in [-0.3, -0.25) is 0 Å². The summed E-state index contributed by atoms with van der Waals surface area (Å²) in [6.07, 6.45) is -4.13. The van der Waals surface area contributed by atoms with Gasteiger partial charge in [0.15, 0.2) is 0 Å². The van der Waals surface area contributed by atoms with E-state index in [0.29, 0.717) is 0 Å². The Morgan fingerprint density at radius 3 is 2.38 bits per heavy atom. The van der Waals surface area contributed by atoms with Crippen LogP contribution < -0.4 is 5.73 Å². The molecule has 1 aromatic rings. The van der Waals surface area contributed by atoms with Crippen LogP contribution in [0.25, 0.3) is 0 Å². The van der Waals surface area contributed by atoms with Crippen LogP contribution in [0.5, 0.6) is 0 Å². The Balaban J connectivity index is 2.29. The molecular formula is C12H12F4N2O2S. The highest BCUT2D eigenvalue weighted by Crippen LogP contribution is 2.32. The molecule has 21 heavy (non-hydrogen) atoms. The van der Waals surface area contributed by atoms with Crippen LogP contribution in [0, 0.1) is 5.82 Å². The number of nitrogen functional groups attached to an aromatic ring is 1. The van der Waals surface area contributed by atoms with E-state index in [1.807, 2.05) is 0 Å². The second kappa shape index (κ2) is 5.30. The first-order chi connectivity index (χ1) is 9.62. The van der Waals surface area contributed by atoms with Crippen molar-refractivity contribution in [1.29, 1.82) is 0 Å². The number of nitrogens with zero attached hydrogens (tertiary/aromatic N) is 1. The Labute approximate surface area is 118 Å². The van der Waals surface area contributed by atoms with E-state index in [0.717, 1.165) is 22.5 Å². The smallest absolute Gasteiger partial charge is 0.399 e. The van der Waals surface area contributed by atoms with Gasteiger partial charge in [0.2, 0.25) is 10.0 Å². The molecule has 1 heterocycles. The molecule has 1 aliphatic heterocycles. The standard InChI is InChI=1S/C12H12F4N2O2S/c13-10-7-9(17)1-2-11(10)21(19,20)18-5-3-8(4-6-18)12(14,15)16/h1-3,7H,4-6,17H2. The van der Waals surface area contributed by atoms with Gasteiger partial charge < -0.3 is 5.73 Å². The maximum absolute atomic E-state index is 13.7. The molecule has 0 aromatic heterocycles. The van der Waals surface area contributed by atoms with E-state index in [9.17, 15) is 26.0 Å². The van der Waals surface area contributed by atoms with Gasteiger partial charge in [0.05, 0.1) is 0 Å². The van der Waals surface area contributed by atoms with Crippen LogP contribution >= 0.6 is 0 Å². The van der Waals surface area contributed by atoms with Gasteiger partial charge in [-0.1, -0.05) is 6.08 Å². The molecule has 1 aliphatic rings. The molecule has 0 bridgehead atoms. The molecule has 116 valence electrons. The topological polar surface area (TPSA) is 63.4 Å². The zero-order chi connectivity index (χ0) is 15.8. The highest BCUT2D eigenvalue weighted by atomic mass is 32.2. The predicted octanol–water partition coefficient (Wildman–Crippen LogP) is 2.29. The Morgan fingerprint density at radius 2 is 1.90 bits per heavy atom. The average Bonchev–Trinajstić information content (AvgIpc) is 2.37. The number of sulfonamides is 1. The van der Waals surface area contributed by atoms with Gasteiger partial charge in [-0.25, -0.2) is 12.8 Å². The van der Waals surface area contributed by atoms with Crippen molar-refractivity contribution >= 4 is 15.7 Å². The number of benzene rings is 1. The molecule has 0 unspecified atom stereocenters. The quantitative estimate of drug-likeness (QED) is 0.516. The summed E-state index contributed by atoms with van der Waals surface area (Å²) in [7, 11) is -4.19. The van der Waals surface area contributed by atoms with Gasteiger partial charge in [0, 0.05) is 24.4 Å². The molecule has 4 nitrogen and oxygen atoms in total. The van der Waals surface area contributed by atoms with E-state index in [4.69, 9.17) is 5.73 Å². The molecule has 0 amide bonds. The predicted molar refractivity (Wildman–Crippen MR) is 68.3 cm³/mol. The maximum atomic E-state index is 13.7. The van der Waals surface area contributed by atoms with Gasteiger partial charge in [0.25, 0.3) is 0 Å². The number of nitrogens with two attached hydrogens (primary N) is 1. The van der Waals surface area contributed by atoms with Crippen molar-refractivity contribution in [3.05, 3.63) is 35.7 Å². The first kappa shape index (κ1) is 15.8. The van der Waals surface area contributed by atoms with E-state index in [1.165, 1.54) is 6.07 Å². The summed E-state index contributed by atoms with van der Waals surface area (Å²) in [6, 6.07) is 3.08. The Morgan fingerprint density at radius 1 is 1.24 bits per heavy atom. The first-order valence-corrected chi connectivity index (χ1v) is 7.38. The maximum Gasteiger partial charge on any atom is 0.412 e. The SMILES string of the molecule is Nc1ccc(S(=O)(=O)N2CC=C(C(F)(F)F)CC2)c(F)c1. The number of hydrogen-bond acceptors (Lipinski definition) is 3. The van der Waals surface area contributed by atoms with Crippen molar-refractivity contribution < 1.29 is 26.0 Å². The highest BCUT2D eigenvalue weighted by molar-refractivity contribution is 7.89. The van der Waals surface area contributed by atoms with Crippen LogP contribution in [-0.4, -0.2) is 32.0 Å². The summed E-state index contributed by atoms with van der Waals surface area (Å²) in [6.45, 7) is -0.793. The molecule has 0 atom stereocenters. The summed E-state index contributed by atoms with van der Waals surface area (Å²) in [4.78, 5) is -0.597. The molecule has 2 rings (SSSR count). The van der Waals surface area contributed by atoms with Crippen molar-refractivity contribution in [1.82, 2.24) is 4.31 Å². The molecule has 0 saturated heterocycles. The molecule has 9 heteroatoms. The van der Waals surface area contributed by atoms with Crippen molar-refractivity contribution in [3.8, 4) is 0 Å². The van der Waals surface area contributed by atoms with Gasteiger partial charge in [-0.15, -0.1) is 0 Å². The lowest BCUT2D eigenvalue weighted by Crippen LogP contribution is -2.37. The fourth-order valence-corrected chi connectivity index (χ4v) is 3.42. The second-order valence-corrected chi connectivity index (χ2v) is 6.44.